The number of hydrogen-bond donors (Lipinski definition) is 1. The van der Waals surface area contributed by atoms with Gasteiger partial charge in [-0.1, -0.05) is 58.8 Å². The van der Waals surface area contributed by atoms with Crippen molar-refractivity contribution in [2.24, 2.45) is 0 Å². The average Bonchev–Trinajstić information content (AvgIpc) is 2.93. The Balaban J connectivity index is 2.29. The van der Waals surface area contributed by atoms with Gasteiger partial charge < -0.3 is 5.32 Å². The predicted molar refractivity (Wildman–Crippen MR) is 86.9 cm³/mol. The van der Waals surface area contributed by atoms with Crippen molar-refractivity contribution in [2.45, 2.75) is 84.7 Å². The van der Waals surface area contributed by atoms with E-state index in [-0.39, 0.29) is 0 Å². The van der Waals surface area contributed by atoms with Crippen molar-refractivity contribution in [1.29, 1.82) is 0 Å². The molecule has 1 atom stereocenters. The summed E-state index contributed by atoms with van der Waals surface area (Å²) < 4.78 is 2.12. The molecule has 1 aromatic heterocycles. The summed E-state index contributed by atoms with van der Waals surface area (Å²) in [5.41, 5.74) is 1.35. The molecule has 0 spiro atoms. The lowest BCUT2D eigenvalue weighted by Crippen LogP contribution is -2.23. The molecular weight excluding hydrogens is 246 g/mol. The molecule has 3 heteroatoms. The van der Waals surface area contributed by atoms with E-state index >= 15 is 0 Å². The molecule has 1 unspecified atom stereocenters. The van der Waals surface area contributed by atoms with Crippen LogP contribution in [0.3, 0.4) is 0 Å². The lowest BCUT2D eigenvalue weighted by atomic mass is 10.0. The van der Waals surface area contributed by atoms with Crippen LogP contribution in [0.25, 0.3) is 0 Å². The van der Waals surface area contributed by atoms with Crippen molar-refractivity contribution in [3.63, 3.8) is 0 Å². The van der Waals surface area contributed by atoms with Gasteiger partial charge in [-0.15, -0.1) is 0 Å². The molecule has 3 nitrogen and oxygen atoms in total. The van der Waals surface area contributed by atoms with E-state index in [1.165, 1.54) is 57.1 Å². The van der Waals surface area contributed by atoms with E-state index in [0.717, 1.165) is 13.1 Å². The summed E-state index contributed by atoms with van der Waals surface area (Å²) in [5.74, 6) is 0. The summed E-state index contributed by atoms with van der Waals surface area (Å²) in [4.78, 5) is 0. The summed E-state index contributed by atoms with van der Waals surface area (Å²) >= 11 is 0. The van der Waals surface area contributed by atoms with Crippen molar-refractivity contribution in [2.75, 3.05) is 6.54 Å². The SMILES string of the molecule is CCCCCCCCCC(NCC)c1ccnn1CC. The summed E-state index contributed by atoms with van der Waals surface area (Å²) in [6, 6.07) is 2.64. The van der Waals surface area contributed by atoms with Crippen LogP contribution in [0.2, 0.25) is 0 Å². The second-order valence-electron chi connectivity index (χ2n) is 5.59. The molecule has 0 amide bonds. The Labute approximate surface area is 125 Å². The Hall–Kier alpha value is -0.830. The fraction of sp³-hybridized carbons (Fsp3) is 0.824. The highest BCUT2D eigenvalue weighted by Crippen LogP contribution is 2.20. The number of nitrogens with zero attached hydrogens (tertiary/aromatic N) is 2. The molecule has 1 N–H and O–H groups in total. The van der Waals surface area contributed by atoms with Crippen molar-refractivity contribution < 1.29 is 0 Å². The molecule has 0 radical (unpaired) electrons. The first-order chi connectivity index (χ1) is 9.83. The lowest BCUT2D eigenvalue weighted by molar-refractivity contribution is 0.442. The van der Waals surface area contributed by atoms with Crippen LogP contribution in [0, 0.1) is 0 Å². The summed E-state index contributed by atoms with van der Waals surface area (Å²) in [6.45, 7) is 8.60. The van der Waals surface area contributed by atoms with Gasteiger partial charge in [0.15, 0.2) is 0 Å². The molecule has 20 heavy (non-hydrogen) atoms. The minimum atomic E-state index is 0.470. The van der Waals surface area contributed by atoms with Crippen molar-refractivity contribution in [1.82, 2.24) is 15.1 Å². The molecule has 1 heterocycles. The number of hydrogen-bond acceptors (Lipinski definition) is 2. The summed E-state index contributed by atoms with van der Waals surface area (Å²) in [6.07, 6.45) is 12.8. The highest BCUT2D eigenvalue weighted by Gasteiger charge is 2.13. The van der Waals surface area contributed by atoms with Gasteiger partial charge in [0.1, 0.15) is 0 Å². The Morgan fingerprint density at radius 3 is 2.40 bits per heavy atom. The second-order valence-corrected chi connectivity index (χ2v) is 5.59. The standard InChI is InChI=1S/C17H33N3/c1-4-7-8-9-10-11-12-13-16(18-5-2)17-14-15-19-20(17)6-3/h14-16,18H,4-13H2,1-3H3. The van der Waals surface area contributed by atoms with Crippen molar-refractivity contribution >= 4 is 0 Å². The number of nitrogens with one attached hydrogen (secondary N) is 1. The highest BCUT2D eigenvalue weighted by molar-refractivity contribution is 5.06. The van der Waals surface area contributed by atoms with Crippen LogP contribution < -0.4 is 5.32 Å². The Morgan fingerprint density at radius 1 is 1.05 bits per heavy atom. The van der Waals surface area contributed by atoms with E-state index in [0.29, 0.717) is 6.04 Å². The molecule has 0 aliphatic carbocycles. The van der Waals surface area contributed by atoms with Crippen LogP contribution in [0.4, 0.5) is 0 Å². The quantitative estimate of drug-likeness (QED) is 0.562. The van der Waals surface area contributed by atoms with Gasteiger partial charge in [0.25, 0.3) is 0 Å². The maximum Gasteiger partial charge on any atom is 0.0553 e. The van der Waals surface area contributed by atoms with Crippen LogP contribution in [-0.2, 0) is 6.54 Å². The van der Waals surface area contributed by atoms with E-state index in [1.807, 2.05) is 6.20 Å². The third-order valence-electron chi connectivity index (χ3n) is 3.95. The minimum Gasteiger partial charge on any atom is -0.309 e. The zero-order valence-corrected chi connectivity index (χ0v) is 13.7. The van der Waals surface area contributed by atoms with Crippen molar-refractivity contribution in [3.05, 3.63) is 18.0 Å². The zero-order valence-electron chi connectivity index (χ0n) is 13.7. The number of unbranched alkanes of at least 4 members (excludes halogenated alkanes) is 6. The molecule has 1 rings (SSSR count). The van der Waals surface area contributed by atoms with Gasteiger partial charge in [-0.2, -0.15) is 5.10 Å². The lowest BCUT2D eigenvalue weighted by Gasteiger charge is -2.19. The minimum absolute atomic E-state index is 0.470. The van der Waals surface area contributed by atoms with Crippen LogP contribution in [0.15, 0.2) is 12.3 Å². The molecule has 0 saturated carbocycles. The first-order valence-electron chi connectivity index (χ1n) is 8.58. The monoisotopic (exact) mass is 279 g/mol. The van der Waals surface area contributed by atoms with Gasteiger partial charge in [-0.3, -0.25) is 4.68 Å². The molecule has 0 aliphatic heterocycles. The number of aryl methyl sites for hydroxylation is 1. The fourth-order valence-electron chi connectivity index (χ4n) is 2.81. The van der Waals surface area contributed by atoms with E-state index < -0.39 is 0 Å². The summed E-state index contributed by atoms with van der Waals surface area (Å²) in [7, 11) is 0. The maximum absolute atomic E-state index is 4.39. The summed E-state index contributed by atoms with van der Waals surface area (Å²) in [5, 5.41) is 8.00. The van der Waals surface area contributed by atoms with E-state index in [4.69, 9.17) is 0 Å². The van der Waals surface area contributed by atoms with Crippen LogP contribution >= 0.6 is 0 Å². The molecular formula is C17H33N3. The molecule has 0 saturated heterocycles. The van der Waals surface area contributed by atoms with Crippen LogP contribution in [0.1, 0.15) is 83.9 Å². The normalized spacial score (nSPS) is 12.8. The van der Waals surface area contributed by atoms with Gasteiger partial charge >= 0.3 is 0 Å². The second kappa shape index (κ2) is 10.9. The molecule has 0 fully saturated rings. The van der Waals surface area contributed by atoms with Gasteiger partial charge in [0.05, 0.1) is 5.69 Å². The number of rotatable bonds is 12. The van der Waals surface area contributed by atoms with Gasteiger partial charge in [0, 0.05) is 18.8 Å². The molecule has 1 aromatic rings. The first kappa shape index (κ1) is 17.2. The zero-order chi connectivity index (χ0) is 14.6. The highest BCUT2D eigenvalue weighted by atomic mass is 15.3. The molecule has 0 bridgehead atoms. The predicted octanol–water partition coefficient (Wildman–Crippen LogP) is 4.69. The third-order valence-corrected chi connectivity index (χ3v) is 3.95. The van der Waals surface area contributed by atoms with Crippen LogP contribution in [-0.4, -0.2) is 16.3 Å². The molecule has 0 aromatic carbocycles. The third kappa shape index (κ3) is 6.08. The number of aromatic nitrogens is 2. The van der Waals surface area contributed by atoms with Crippen LogP contribution in [0.5, 0.6) is 0 Å². The Kier molecular flexibility index (Phi) is 9.38. The first-order valence-corrected chi connectivity index (χ1v) is 8.58. The Morgan fingerprint density at radius 2 is 1.75 bits per heavy atom. The topological polar surface area (TPSA) is 29.9 Å². The average molecular weight is 279 g/mol. The Bertz CT molecular complexity index is 333. The fourth-order valence-corrected chi connectivity index (χ4v) is 2.81. The maximum atomic E-state index is 4.39. The van der Waals surface area contributed by atoms with Gasteiger partial charge in [0.2, 0.25) is 0 Å². The van der Waals surface area contributed by atoms with Gasteiger partial charge in [-0.05, 0) is 26.0 Å². The molecule has 116 valence electrons. The van der Waals surface area contributed by atoms with E-state index in [9.17, 15) is 0 Å². The largest absolute Gasteiger partial charge is 0.309 e. The smallest absolute Gasteiger partial charge is 0.0553 e. The van der Waals surface area contributed by atoms with Gasteiger partial charge in [-0.25, -0.2) is 0 Å². The van der Waals surface area contributed by atoms with E-state index in [2.05, 4.69) is 41.9 Å². The molecule has 0 aliphatic rings. The van der Waals surface area contributed by atoms with Crippen molar-refractivity contribution in [3.8, 4) is 0 Å². The van der Waals surface area contributed by atoms with E-state index in [1.54, 1.807) is 0 Å².